The Bertz CT molecular complexity index is 337. The third-order valence-corrected chi connectivity index (χ3v) is 3.13. The number of hydrogen-bond donors (Lipinski definition) is 1. The Kier molecular flexibility index (Phi) is 5.63. The van der Waals surface area contributed by atoms with Gasteiger partial charge < -0.3 is 5.32 Å². The van der Waals surface area contributed by atoms with Crippen LogP contribution in [0, 0.1) is 19.7 Å². The van der Waals surface area contributed by atoms with Crippen molar-refractivity contribution in [2.45, 2.75) is 53.0 Å². The van der Waals surface area contributed by atoms with E-state index >= 15 is 0 Å². The SMILES string of the molecule is CCCNC(CCC)c1c(C)cc(F)cc1C. The quantitative estimate of drug-likeness (QED) is 0.778. The van der Waals surface area contributed by atoms with Crippen LogP contribution in [0.25, 0.3) is 0 Å². The van der Waals surface area contributed by atoms with E-state index in [0.29, 0.717) is 6.04 Å². The Hall–Kier alpha value is -0.890. The molecule has 0 radical (unpaired) electrons. The van der Waals surface area contributed by atoms with Gasteiger partial charge in [0.2, 0.25) is 0 Å². The molecule has 2 heteroatoms. The molecule has 0 aliphatic heterocycles. The second-order valence-electron chi connectivity index (χ2n) is 4.75. The van der Waals surface area contributed by atoms with Crippen molar-refractivity contribution in [3.05, 3.63) is 34.6 Å². The Labute approximate surface area is 104 Å². The van der Waals surface area contributed by atoms with E-state index in [2.05, 4.69) is 19.2 Å². The van der Waals surface area contributed by atoms with Crippen LogP contribution in [0.5, 0.6) is 0 Å². The highest BCUT2D eigenvalue weighted by atomic mass is 19.1. The molecule has 0 aliphatic rings. The van der Waals surface area contributed by atoms with Crippen LogP contribution in [0.1, 0.15) is 55.8 Å². The molecule has 0 saturated heterocycles. The topological polar surface area (TPSA) is 12.0 Å². The molecule has 1 N–H and O–H groups in total. The van der Waals surface area contributed by atoms with Crippen molar-refractivity contribution in [3.63, 3.8) is 0 Å². The van der Waals surface area contributed by atoms with E-state index in [4.69, 9.17) is 0 Å². The summed E-state index contributed by atoms with van der Waals surface area (Å²) in [5.41, 5.74) is 3.40. The molecule has 1 nitrogen and oxygen atoms in total. The minimum absolute atomic E-state index is 0.130. The van der Waals surface area contributed by atoms with Crippen molar-refractivity contribution < 1.29 is 4.39 Å². The molecule has 1 rings (SSSR count). The molecule has 0 saturated carbocycles. The molecule has 0 fully saturated rings. The lowest BCUT2D eigenvalue weighted by molar-refractivity contribution is 0.489. The van der Waals surface area contributed by atoms with Crippen molar-refractivity contribution in [2.75, 3.05) is 6.54 Å². The van der Waals surface area contributed by atoms with Crippen LogP contribution >= 0.6 is 0 Å². The van der Waals surface area contributed by atoms with Crippen LogP contribution in [0.15, 0.2) is 12.1 Å². The summed E-state index contributed by atoms with van der Waals surface area (Å²) in [4.78, 5) is 0. The summed E-state index contributed by atoms with van der Waals surface area (Å²) >= 11 is 0. The van der Waals surface area contributed by atoms with Gasteiger partial charge in [0.25, 0.3) is 0 Å². The highest BCUT2D eigenvalue weighted by Crippen LogP contribution is 2.26. The van der Waals surface area contributed by atoms with Gasteiger partial charge in [0.05, 0.1) is 0 Å². The first kappa shape index (κ1) is 14.2. The van der Waals surface area contributed by atoms with Crippen LogP contribution in [0.4, 0.5) is 4.39 Å². The average molecular weight is 237 g/mol. The lowest BCUT2D eigenvalue weighted by Crippen LogP contribution is -2.23. The lowest BCUT2D eigenvalue weighted by Gasteiger charge is -2.22. The van der Waals surface area contributed by atoms with Crippen LogP contribution < -0.4 is 5.32 Å². The summed E-state index contributed by atoms with van der Waals surface area (Å²) in [7, 11) is 0. The Balaban J connectivity index is 3.00. The fourth-order valence-electron chi connectivity index (χ4n) is 2.43. The number of rotatable bonds is 6. The van der Waals surface area contributed by atoms with Crippen molar-refractivity contribution in [1.82, 2.24) is 5.32 Å². The lowest BCUT2D eigenvalue weighted by atomic mass is 9.93. The molecular weight excluding hydrogens is 213 g/mol. The second kappa shape index (κ2) is 6.75. The molecule has 0 heterocycles. The Morgan fingerprint density at radius 1 is 1.12 bits per heavy atom. The first-order valence-corrected chi connectivity index (χ1v) is 6.60. The molecule has 0 aliphatic carbocycles. The van der Waals surface area contributed by atoms with Crippen molar-refractivity contribution in [2.24, 2.45) is 0 Å². The summed E-state index contributed by atoms with van der Waals surface area (Å²) < 4.78 is 13.3. The number of benzene rings is 1. The molecule has 0 spiro atoms. The fourth-order valence-corrected chi connectivity index (χ4v) is 2.43. The van der Waals surface area contributed by atoms with E-state index in [1.165, 1.54) is 5.56 Å². The number of nitrogens with one attached hydrogen (secondary N) is 1. The zero-order valence-electron chi connectivity index (χ0n) is 11.4. The minimum Gasteiger partial charge on any atom is -0.310 e. The van der Waals surface area contributed by atoms with Crippen molar-refractivity contribution in [1.29, 1.82) is 0 Å². The van der Waals surface area contributed by atoms with Crippen LogP contribution in [0.3, 0.4) is 0 Å². The van der Waals surface area contributed by atoms with Crippen LogP contribution in [0.2, 0.25) is 0 Å². The largest absolute Gasteiger partial charge is 0.310 e. The van der Waals surface area contributed by atoms with Gasteiger partial charge in [-0.2, -0.15) is 0 Å². The summed E-state index contributed by atoms with van der Waals surface area (Å²) in [6.45, 7) is 9.37. The standard InChI is InChI=1S/C15H24FN/c1-5-7-14(17-8-6-2)15-11(3)9-13(16)10-12(15)4/h9-10,14,17H,5-8H2,1-4H3. The highest BCUT2D eigenvalue weighted by molar-refractivity contribution is 5.36. The smallest absolute Gasteiger partial charge is 0.123 e. The van der Waals surface area contributed by atoms with Gasteiger partial charge in [-0.25, -0.2) is 4.39 Å². The molecule has 1 aromatic carbocycles. The molecule has 0 aromatic heterocycles. The zero-order valence-corrected chi connectivity index (χ0v) is 11.4. The maximum atomic E-state index is 13.3. The van der Waals surface area contributed by atoms with E-state index in [-0.39, 0.29) is 5.82 Å². The van der Waals surface area contributed by atoms with E-state index in [1.807, 2.05) is 13.8 Å². The number of hydrogen-bond acceptors (Lipinski definition) is 1. The fraction of sp³-hybridized carbons (Fsp3) is 0.600. The molecule has 1 aromatic rings. The van der Waals surface area contributed by atoms with Gasteiger partial charge in [0.15, 0.2) is 0 Å². The summed E-state index contributed by atoms with van der Waals surface area (Å²) in [5.74, 6) is -0.130. The predicted molar refractivity (Wildman–Crippen MR) is 71.8 cm³/mol. The highest BCUT2D eigenvalue weighted by Gasteiger charge is 2.15. The van der Waals surface area contributed by atoms with Gasteiger partial charge in [0.1, 0.15) is 5.82 Å². The first-order valence-electron chi connectivity index (χ1n) is 6.60. The minimum atomic E-state index is -0.130. The van der Waals surface area contributed by atoms with E-state index in [0.717, 1.165) is 36.9 Å². The van der Waals surface area contributed by atoms with Gasteiger partial charge >= 0.3 is 0 Å². The third kappa shape index (κ3) is 3.81. The summed E-state index contributed by atoms with van der Waals surface area (Å²) in [6, 6.07) is 3.64. The first-order chi connectivity index (χ1) is 8.10. The monoisotopic (exact) mass is 237 g/mol. The number of aryl methyl sites for hydroxylation is 2. The molecular formula is C15H24FN. The van der Waals surface area contributed by atoms with E-state index in [9.17, 15) is 4.39 Å². The summed E-state index contributed by atoms with van der Waals surface area (Å²) in [5, 5.41) is 3.57. The van der Waals surface area contributed by atoms with Gasteiger partial charge in [-0.3, -0.25) is 0 Å². The zero-order chi connectivity index (χ0) is 12.8. The predicted octanol–water partition coefficient (Wildman–Crippen LogP) is 4.28. The maximum Gasteiger partial charge on any atom is 0.123 e. The van der Waals surface area contributed by atoms with Crippen LogP contribution in [-0.2, 0) is 0 Å². The molecule has 0 amide bonds. The molecule has 1 atom stereocenters. The molecule has 0 bridgehead atoms. The third-order valence-electron chi connectivity index (χ3n) is 3.13. The Morgan fingerprint density at radius 2 is 1.71 bits per heavy atom. The van der Waals surface area contributed by atoms with Gasteiger partial charge in [-0.1, -0.05) is 20.3 Å². The van der Waals surface area contributed by atoms with Crippen molar-refractivity contribution >= 4 is 0 Å². The number of halogens is 1. The average Bonchev–Trinajstić information content (AvgIpc) is 2.24. The summed E-state index contributed by atoms with van der Waals surface area (Å²) in [6.07, 6.45) is 3.37. The van der Waals surface area contributed by atoms with Gasteiger partial charge in [-0.15, -0.1) is 0 Å². The normalized spacial score (nSPS) is 12.8. The van der Waals surface area contributed by atoms with E-state index < -0.39 is 0 Å². The second-order valence-corrected chi connectivity index (χ2v) is 4.75. The molecule has 1 unspecified atom stereocenters. The molecule has 96 valence electrons. The van der Waals surface area contributed by atoms with Gasteiger partial charge in [-0.05, 0) is 62.1 Å². The molecule has 17 heavy (non-hydrogen) atoms. The van der Waals surface area contributed by atoms with E-state index in [1.54, 1.807) is 12.1 Å². The Morgan fingerprint density at radius 3 is 2.18 bits per heavy atom. The maximum absolute atomic E-state index is 13.3. The van der Waals surface area contributed by atoms with Crippen LogP contribution in [-0.4, -0.2) is 6.54 Å². The van der Waals surface area contributed by atoms with Gasteiger partial charge in [0, 0.05) is 6.04 Å². The van der Waals surface area contributed by atoms with Crippen molar-refractivity contribution in [3.8, 4) is 0 Å².